The molecule has 26 heavy (non-hydrogen) atoms. The SMILES string of the molecule is O=C(CCCOc1ccccc1)OCc1noc(-c2ccc(F)cc2)n1. The van der Waals surface area contributed by atoms with E-state index in [1.807, 2.05) is 30.3 Å². The Kier molecular flexibility index (Phi) is 5.92. The Morgan fingerprint density at radius 3 is 2.62 bits per heavy atom. The monoisotopic (exact) mass is 356 g/mol. The van der Waals surface area contributed by atoms with Crippen molar-refractivity contribution in [1.82, 2.24) is 10.1 Å². The second-order valence-electron chi connectivity index (χ2n) is 5.45. The molecule has 0 aliphatic rings. The highest BCUT2D eigenvalue weighted by atomic mass is 19.1. The van der Waals surface area contributed by atoms with Gasteiger partial charge in [0.2, 0.25) is 5.82 Å². The van der Waals surface area contributed by atoms with Gasteiger partial charge < -0.3 is 14.0 Å². The number of carbonyl (C=O) groups excluding carboxylic acids is 1. The molecular formula is C19H17FN2O4. The Balaban J connectivity index is 1.38. The van der Waals surface area contributed by atoms with E-state index in [1.54, 1.807) is 0 Å². The quantitative estimate of drug-likeness (QED) is 0.452. The van der Waals surface area contributed by atoms with Gasteiger partial charge in [-0.3, -0.25) is 4.79 Å². The summed E-state index contributed by atoms with van der Waals surface area (Å²) in [5.41, 5.74) is 0.592. The van der Waals surface area contributed by atoms with Crippen LogP contribution in [0.25, 0.3) is 11.5 Å². The van der Waals surface area contributed by atoms with Gasteiger partial charge in [0.05, 0.1) is 6.61 Å². The van der Waals surface area contributed by atoms with Crippen LogP contribution in [0, 0.1) is 5.82 Å². The molecule has 7 heteroatoms. The summed E-state index contributed by atoms with van der Waals surface area (Å²) in [6.07, 6.45) is 0.774. The molecule has 3 rings (SSSR count). The lowest BCUT2D eigenvalue weighted by Crippen LogP contribution is -2.08. The molecule has 0 radical (unpaired) electrons. The number of aromatic nitrogens is 2. The van der Waals surface area contributed by atoms with Gasteiger partial charge in [0, 0.05) is 12.0 Å². The van der Waals surface area contributed by atoms with E-state index in [4.69, 9.17) is 14.0 Å². The summed E-state index contributed by atoms with van der Waals surface area (Å²) in [5.74, 6) is 0.542. The highest BCUT2D eigenvalue weighted by Gasteiger charge is 2.11. The summed E-state index contributed by atoms with van der Waals surface area (Å²) in [5, 5.41) is 3.74. The molecule has 0 spiro atoms. The maximum atomic E-state index is 12.9. The minimum Gasteiger partial charge on any atom is -0.494 e. The van der Waals surface area contributed by atoms with Crippen molar-refractivity contribution in [1.29, 1.82) is 0 Å². The van der Waals surface area contributed by atoms with Gasteiger partial charge in [-0.2, -0.15) is 4.98 Å². The maximum absolute atomic E-state index is 12.9. The number of ether oxygens (including phenoxy) is 2. The average Bonchev–Trinajstić information content (AvgIpc) is 3.14. The number of esters is 1. The summed E-state index contributed by atoms with van der Waals surface area (Å²) in [7, 11) is 0. The van der Waals surface area contributed by atoms with Crippen molar-refractivity contribution in [2.24, 2.45) is 0 Å². The molecule has 0 aliphatic heterocycles. The molecule has 0 saturated carbocycles. The first-order valence-corrected chi connectivity index (χ1v) is 8.13. The normalized spacial score (nSPS) is 10.5. The molecule has 1 heterocycles. The van der Waals surface area contributed by atoms with Crippen LogP contribution >= 0.6 is 0 Å². The van der Waals surface area contributed by atoms with Gasteiger partial charge in [-0.1, -0.05) is 23.4 Å². The number of nitrogens with zero attached hydrogens (tertiary/aromatic N) is 2. The van der Waals surface area contributed by atoms with Crippen molar-refractivity contribution in [2.45, 2.75) is 19.4 Å². The summed E-state index contributed by atoms with van der Waals surface area (Å²) >= 11 is 0. The lowest BCUT2D eigenvalue weighted by Gasteiger charge is -2.05. The first-order chi connectivity index (χ1) is 12.7. The zero-order valence-electron chi connectivity index (χ0n) is 13.9. The molecule has 0 saturated heterocycles. The van der Waals surface area contributed by atoms with Crippen molar-refractivity contribution in [3.63, 3.8) is 0 Å². The highest BCUT2D eigenvalue weighted by Crippen LogP contribution is 2.17. The fraction of sp³-hybridized carbons (Fsp3) is 0.211. The van der Waals surface area contributed by atoms with Crippen molar-refractivity contribution >= 4 is 5.97 Å². The van der Waals surface area contributed by atoms with Gasteiger partial charge in [0.25, 0.3) is 5.89 Å². The van der Waals surface area contributed by atoms with Crippen LogP contribution in [0.3, 0.4) is 0 Å². The standard InChI is InChI=1S/C19H17FN2O4/c20-15-10-8-14(9-11-15)19-21-17(22-26-19)13-25-18(23)7-4-12-24-16-5-2-1-3-6-16/h1-3,5-6,8-11H,4,7,12-13H2. The van der Waals surface area contributed by atoms with E-state index in [0.717, 1.165) is 5.75 Å². The van der Waals surface area contributed by atoms with E-state index in [2.05, 4.69) is 10.1 Å². The van der Waals surface area contributed by atoms with Gasteiger partial charge in [-0.05, 0) is 42.8 Å². The Labute approximate surface area is 149 Å². The second kappa shape index (κ2) is 8.75. The van der Waals surface area contributed by atoms with Crippen LogP contribution in [0.1, 0.15) is 18.7 Å². The third kappa shape index (κ3) is 5.14. The number of halogens is 1. The zero-order valence-corrected chi connectivity index (χ0v) is 13.9. The van der Waals surface area contributed by atoms with Crippen LogP contribution in [0.2, 0.25) is 0 Å². The Hall–Kier alpha value is -3.22. The Bertz CT molecular complexity index is 834. The predicted molar refractivity (Wildman–Crippen MR) is 90.7 cm³/mol. The van der Waals surface area contributed by atoms with Gasteiger partial charge in [0.1, 0.15) is 11.6 Å². The Morgan fingerprint density at radius 1 is 1.08 bits per heavy atom. The minimum atomic E-state index is -0.366. The fourth-order valence-corrected chi connectivity index (χ4v) is 2.16. The fourth-order valence-electron chi connectivity index (χ4n) is 2.16. The Morgan fingerprint density at radius 2 is 1.85 bits per heavy atom. The first kappa shape index (κ1) is 17.6. The summed E-state index contributed by atoms with van der Waals surface area (Å²) in [6.45, 7) is 0.346. The number of hydrogen-bond acceptors (Lipinski definition) is 6. The summed E-state index contributed by atoms with van der Waals surface area (Å²) in [6, 6.07) is 15.1. The molecule has 0 amide bonds. The van der Waals surface area contributed by atoms with Crippen LogP contribution in [-0.4, -0.2) is 22.7 Å². The number of rotatable bonds is 8. The van der Waals surface area contributed by atoms with E-state index in [-0.39, 0.29) is 36.5 Å². The van der Waals surface area contributed by atoms with E-state index < -0.39 is 0 Å². The van der Waals surface area contributed by atoms with Crippen molar-refractivity contribution < 1.29 is 23.2 Å². The molecule has 0 N–H and O–H groups in total. The summed E-state index contributed by atoms with van der Waals surface area (Å²) in [4.78, 5) is 15.9. The van der Waals surface area contributed by atoms with Crippen LogP contribution in [0.15, 0.2) is 59.1 Å². The molecule has 6 nitrogen and oxygen atoms in total. The molecule has 0 fully saturated rings. The number of benzene rings is 2. The van der Waals surface area contributed by atoms with E-state index in [9.17, 15) is 9.18 Å². The lowest BCUT2D eigenvalue weighted by molar-refractivity contribution is -0.145. The second-order valence-corrected chi connectivity index (χ2v) is 5.45. The van der Waals surface area contributed by atoms with E-state index >= 15 is 0 Å². The third-order valence-electron chi connectivity index (χ3n) is 3.46. The third-order valence-corrected chi connectivity index (χ3v) is 3.46. The zero-order chi connectivity index (χ0) is 18.2. The molecule has 0 aliphatic carbocycles. The topological polar surface area (TPSA) is 74.5 Å². The molecule has 1 aromatic heterocycles. The molecular weight excluding hydrogens is 339 g/mol. The number of carbonyl (C=O) groups is 1. The number of hydrogen-bond donors (Lipinski definition) is 0. The van der Waals surface area contributed by atoms with Crippen LogP contribution < -0.4 is 4.74 Å². The predicted octanol–water partition coefficient (Wildman–Crippen LogP) is 3.78. The molecule has 0 unspecified atom stereocenters. The highest BCUT2D eigenvalue weighted by molar-refractivity contribution is 5.69. The molecule has 3 aromatic rings. The van der Waals surface area contributed by atoms with E-state index in [0.29, 0.717) is 18.6 Å². The molecule has 134 valence electrons. The molecule has 0 atom stereocenters. The maximum Gasteiger partial charge on any atom is 0.306 e. The molecule has 0 bridgehead atoms. The first-order valence-electron chi connectivity index (χ1n) is 8.13. The van der Waals surface area contributed by atoms with Crippen molar-refractivity contribution in [3.8, 4) is 17.2 Å². The van der Waals surface area contributed by atoms with Crippen LogP contribution in [0.5, 0.6) is 5.75 Å². The van der Waals surface area contributed by atoms with Crippen LogP contribution in [-0.2, 0) is 16.1 Å². The van der Waals surface area contributed by atoms with Gasteiger partial charge in [-0.25, -0.2) is 4.39 Å². The average molecular weight is 356 g/mol. The van der Waals surface area contributed by atoms with Crippen LogP contribution in [0.4, 0.5) is 4.39 Å². The van der Waals surface area contributed by atoms with Crippen molar-refractivity contribution in [2.75, 3.05) is 6.61 Å². The van der Waals surface area contributed by atoms with E-state index in [1.165, 1.54) is 24.3 Å². The summed E-state index contributed by atoms with van der Waals surface area (Å²) < 4.78 is 28.6. The molecule has 2 aromatic carbocycles. The lowest BCUT2D eigenvalue weighted by atomic mass is 10.2. The minimum absolute atomic E-state index is 0.0803. The van der Waals surface area contributed by atoms with Crippen molar-refractivity contribution in [3.05, 3.63) is 66.2 Å². The van der Waals surface area contributed by atoms with Gasteiger partial charge in [0.15, 0.2) is 6.61 Å². The largest absolute Gasteiger partial charge is 0.494 e. The van der Waals surface area contributed by atoms with Gasteiger partial charge in [-0.15, -0.1) is 0 Å². The smallest absolute Gasteiger partial charge is 0.306 e. The number of para-hydroxylation sites is 1. The van der Waals surface area contributed by atoms with Gasteiger partial charge >= 0.3 is 5.97 Å².